The maximum absolute atomic E-state index is 6.22. The van der Waals surface area contributed by atoms with Crippen LogP contribution in [-0.4, -0.2) is 21.1 Å². The normalized spacial score (nSPS) is 14.4. The highest BCUT2D eigenvalue weighted by molar-refractivity contribution is 5.65. The van der Waals surface area contributed by atoms with Crippen LogP contribution in [0.5, 0.6) is 5.75 Å². The Morgan fingerprint density at radius 3 is 2.35 bits per heavy atom. The summed E-state index contributed by atoms with van der Waals surface area (Å²) >= 11 is 0. The van der Waals surface area contributed by atoms with Gasteiger partial charge in [0.15, 0.2) is 5.75 Å². The molecule has 2 N–H and O–H groups in total. The molecule has 0 bridgehead atoms. The quantitative estimate of drug-likeness (QED) is 0.450. The molecule has 1 saturated carbocycles. The van der Waals surface area contributed by atoms with Crippen LogP contribution in [0.1, 0.15) is 51.5 Å². The Hall–Kier alpha value is -3.15. The molecule has 3 aromatic rings. The van der Waals surface area contributed by atoms with Gasteiger partial charge in [0.1, 0.15) is 0 Å². The first-order valence-electron chi connectivity index (χ1n) is 11.2. The smallest absolute Gasteiger partial charge is 0.227 e. The number of aromatic nitrogens is 3. The summed E-state index contributed by atoms with van der Waals surface area (Å²) in [6.07, 6.45) is 14.4. The lowest BCUT2D eigenvalue weighted by Crippen LogP contribution is -2.20. The van der Waals surface area contributed by atoms with Gasteiger partial charge in [-0.15, -0.1) is 0 Å². The number of nitrogens with one attached hydrogen (secondary N) is 2. The lowest BCUT2D eigenvalue weighted by molar-refractivity contribution is 0.155. The van der Waals surface area contributed by atoms with E-state index in [0.717, 1.165) is 42.1 Å². The molecule has 4 rings (SSSR count). The number of hydrogen-bond acceptors (Lipinski definition) is 6. The Kier molecular flexibility index (Phi) is 6.97. The van der Waals surface area contributed by atoms with Crippen molar-refractivity contribution in [3.05, 3.63) is 60.7 Å². The van der Waals surface area contributed by atoms with Gasteiger partial charge in [-0.2, -0.15) is 0 Å². The number of pyridine rings is 1. The molecular weight excluding hydrogens is 386 g/mol. The molecule has 0 saturated heterocycles. The van der Waals surface area contributed by atoms with Crippen molar-refractivity contribution in [3.63, 3.8) is 0 Å². The average molecular weight is 418 g/mol. The summed E-state index contributed by atoms with van der Waals surface area (Å²) < 4.78 is 6.22. The topological polar surface area (TPSA) is 72.0 Å². The zero-order valence-electron chi connectivity index (χ0n) is 18.3. The lowest BCUT2D eigenvalue weighted by Gasteiger charge is -2.24. The molecule has 1 aliphatic rings. The van der Waals surface area contributed by atoms with Gasteiger partial charge in [-0.25, -0.2) is 9.97 Å². The summed E-state index contributed by atoms with van der Waals surface area (Å²) in [4.78, 5) is 13.1. The van der Waals surface area contributed by atoms with Crippen LogP contribution < -0.4 is 15.4 Å². The van der Waals surface area contributed by atoms with E-state index in [9.17, 15) is 0 Å². The van der Waals surface area contributed by atoms with Gasteiger partial charge in [0.05, 0.1) is 36.1 Å². The molecule has 2 heterocycles. The van der Waals surface area contributed by atoms with Crippen LogP contribution in [0.3, 0.4) is 0 Å². The van der Waals surface area contributed by atoms with Crippen molar-refractivity contribution in [3.8, 4) is 5.75 Å². The second-order valence-electron chi connectivity index (χ2n) is 8.59. The first-order valence-corrected chi connectivity index (χ1v) is 11.2. The highest BCUT2D eigenvalue weighted by atomic mass is 16.5. The van der Waals surface area contributed by atoms with Crippen LogP contribution >= 0.6 is 0 Å². The van der Waals surface area contributed by atoms with Gasteiger partial charge in [-0.1, -0.05) is 32.4 Å². The van der Waals surface area contributed by atoms with Crippen LogP contribution in [0.25, 0.3) is 0 Å². The molecule has 0 aliphatic heterocycles. The molecule has 162 valence electrons. The lowest BCUT2D eigenvalue weighted by atomic mass is 9.98. The van der Waals surface area contributed by atoms with Crippen LogP contribution in [-0.2, 0) is 6.42 Å². The third-order valence-electron chi connectivity index (χ3n) is 5.42. The monoisotopic (exact) mass is 417 g/mol. The molecule has 6 heteroatoms. The molecule has 0 spiro atoms. The van der Waals surface area contributed by atoms with Crippen molar-refractivity contribution in [2.24, 2.45) is 5.92 Å². The summed E-state index contributed by atoms with van der Waals surface area (Å²) in [5, 5.41) is 6.62. The molecule has 0 unspecified atom stereocenters. The van der Waals surface area contributed by atoms with Gasteiger partial charge < -0.3 is 15.4 Å². The Morgan fingerprint density at radius 2 is 1.65 bits per heavy atom. The minimum absolute atomic E-state index is 0.272. The Labute approximate surface area is 184 Å². The zero-order valence-corrected chi connectivity index (χ0v) is 18.3. The van der Waals surface area contributed by atoms with Gasteiger partial charge >= 0.3 is 0 Å². The summed E-state index contributed by atoms with van der Waals surface area (Å²) in [5.41, 5.74) is 4.00. The fraction of sp³-hybridized carbons (Fsp3) is 0.400. The number of rotatable bonds is 8. The van der Waals surface area contributed by atoms with Crippen molar-refractivity contribution in [2.75, 3.05) is 10.6 Å². The Bertz CT molecular complexity index is 950. The van der Waals surface area contributed by atoms with Gasteiger partial charge in [0.2, 0.25) is 5.95 Å². The molecular formula is C25H31N5O. The van der Waals surface area contributed by atoms with Gasteiger partial charge in [-0.05, 0) is 61.8 Å². The first-order chi connectivity index (χ1) is 15.2. The van der Waals surface area contributed by atoms with Crippen molar-refractivity contribution in [2.45, 2.75) is 58.5 Å². The average Bonchev–Trinajstić information content (AvgIpc) is 2.78. The maximum atomic E-state index is 6.22. The van der Waals surface area contributed by atoms with Crippen molar-refractivity contribution >= 4 is 23.0 Å². The van der Waals surface area contributed by atoms with E-state index in [1.54, 1.807) is 24.8 Å². The fourth-order valence-corrected chi connectivity index (χ4v) is 3.88. The van der Waals surface area contributed by atoms with E-state index < -0.39 is 0 Å². The van der Waals surface area contributed by atoms with E-state index in [1.165, 1.54) is 24.8 Å². The molecule has 31 heavy (non-hydrogen) atoms. The van der Waals surface area contributed by atoms with Crippen LogP contribution in [0, 0.1) is 5.92 Å². The van der Waals surface area contributed by atoms with Gasteiger partial charge in [0, 0.05) is 11.9 Å². The SMILES string of the molecule is CC(C)Cc1ccc(Nc2ncc(Nc3ccncc3OC3CCCCC3)cn2)cc1. The first kappa shape index (κ1) is 21.1. The highest BCUT2D eigenvalue weighted by Crippen LogP contribution is 2.30. The summed E-state index contributed by atoms with van der Waals surface area (Å²) in [6.45, 7) is 4.46. The summed E-state index contributed by atoms with van der Waals surface area (Å²) in [7, 11) is 0. The van der Waals surface area contributed by atoms with Gasteiger partial charge in [0.25, 0.3) is 0 Å². The van der Waals surface area contributed by atoms with Crippen molar-refractivity contribution in [1.82, 2.24) is 15.0 Å². The third-order valence-corrected chi connectivity index (χ3v) is 5.42. The zero-order chi connectivity index (χ0) is 21.5. The number of hydrogen-bond donors (Lipinski definition) is 2. The number of ether oxygens (including phenoxy) is 1. The van der Waals surface area contributed by atoms with Crippen LogP contribution in [0.2, 0.25) is 0 Å². The third kappa shape index (κ3) is 6.17. The Balaban J connectivity index is 1.37. The second-order valence-corrected chi connectivity index (χ2v) is 8.59. The summed E-state index contributed by atoms with van der Waals surface area (Å²) in [5.74, 6) is 1.99. The van der Waals surface area contributed by atoms with Crippen molar-refractivity contribution in [1.29, 1.82) is 0 Å². The predicted molar refractivity (Wildman–Crippen MR) is 125 cm³/mol. The highest BCUT2D eigenvalue weighted by Gasteiger charge is 2.16. The number of nitrogens with zero attached hydrogens (tertiary/aromatic N) is 3. The van der Waals surface area contributed by atoms with E-state index in [4.69, 9.17) is 4.74 Å². The number of anilines is 4. The molecule has 6 nitrogen and oxygen atoms in total. The molecule has 1 aromatic carbocycles. The van der Waals surface area contributed by atoms with E-state index in [2.05, 4.69) is 63.7 Å². The molecule has 2 aromatic heterocycles. The van der Waals surface area contributed by atoms with Crippen molar-refractivity contribution < 1.29 is 4.74 Å². The van der Waals surface area contributed by atoms with E-state index in [1.807, 2.05) is 6.07 Å². The molecule has 0 amide bonds. The van der Waals surface area contributed by atoms with E-state index in [-0.39, 0.29) is 6.10 Å². The van der Waals surface area contributed by atoms with Gasteiger partial charge in [-0.3, -0.25) is 4.98 Å². The second kappa shape index (κ2) is 10.2. The minimum atomic E-state index is 0.272. The fourth-order valence-electron chi connectivity index (χ4n) is 3.88. The Morgan fingerprint density at radius 1 is 0.903 bits per heavy atom. The maximum Gasteiger partial charge on any atom is 0.227 e. The molecule has 0 radical (unpaired) electrons. The minimum Gasteiger partial charge on any atom is -0.487 e. The van der Waals surface area contributed by atoms with E-state index >= 15 is 0 Å². The largest absolute Gasteiger partial charge is 0.487 e. The molecule has 1 fully saturated rings. The molecule has 0 atom stereocenters. The van der Waals surface area contributed by atoms with Crippen LogP contribution in [0.4, 0.5) is 23.0 Å². The standard InChI is InChI=1S/C25H31N5O/c1-18(2)14-19-8-10-20(11-9-19)30-25-27-15-21(16-28-25)29-23-12-13-26-17-24(23)31-22-6-4-3-5-7-22/h8-13,15-18,22H,3-7,14H2,1-2H3,(H,26,29)(H,27,28,30). The predicted octanol–water partition coefficient (Wildman–Crippen LogP) is 6.27. The van der Waals surface area contributed by atoms with E-state index in [0.29, 0.717) is 11.9 Å². The molecule has 1 aliphatic carbocycles. The van der Waals surface area contributed by atoms with Crippen LogP contribution in [0.15, 0.2) is 55.1 Å². The number of benzene rings is 1. The summed E-state index contributed by atoms with van der Waals surface area (Å²) in [6, 6.07) is 10.4.